The predicted octanol–water partition coefficient (Wildman–Crippen LogP) is 0.701. The molecule has 0 saturated carbocycles. The summed E-state index contributed by atoms with van der Waals surface area (Å²) in [5, 5.41) is 2.81. The van der Waals surface area contributed by atoms with Gasteiger partial charge in [-0.2, -0.15) is 0 Å². The van der Waals surface area contributed by atoms with Crippen molar-refractivity contribution in [1.82, 2.24) is 10.2 Å². The molecule has 0 heterocycles. The number of methoxy groups -OCH3 is 2. The minimum absolute atomic E-state index is 0.0128. The van der Waals surface area contributed by atoms with Crippen LogP contribution in [0.15, 0.2) is 0 Å². The van der Waals surface area contributed by atoms with E-state index in [4.69, 9.17) is 9.47 Å². The number of amides is 1. The maximum absolute atomic E-state index is 12.1. The molecule has 6 heteroatoms. The average Bonchev–Trinajstić information content (AvgIpc) is 2.41. The Morgan fingerprint density at radius 2 is 1.71 bits per heavy atom. The fraction of sp³-hybridized carbons (Fsp3) is 0.867. The number of carbonyl (C=O) groups excluding carboxylic acids is 2. The van der Waals surface area contributed by atoms with Gasteiger partial charge < -0.3 is 14.8 Å². The highest BCUT2D eigenvalue weighted by atomic mass is 16.5. The standard InChI is InChI=1S/C15H30N2O4/c1-12(2)15(13(3)18)16-14(19)11-17(8-10-21-5)7-6-9-20-4/h12,15H,6-11H2,1-5H3,(H,16,19). The van der Waals surface area contributed by atoms with Gasteiger partial charge in [0.1, 0.15) is 0 Å². The van der Waals surface area contributed by atoms with E-state index >= 15 is 0 Å². The van der Waals surface area contributed by atoms with Gasteiger partial charge in [0, 0.05) is 33.9 Å². The molecule has 1 N–H and O–H groups in total. The molecule has 0 aromatic carbocycles. The lowest BCUT2D eigenvalue weighted by Crippen LogP contribution is -2.48. The first-order valence-corrected chi connectivity index (χ1v) is 7.42. The summed E-state index contributed by atoms with van der Waals surface area (Å²) in [6, 6.07) is -0.416. The van der Waals surface area contributed by atoms with Crippen molar-refractivity contribution in [2.24, 2.45) is 5.92 Å². The molecule has 0 radical (unpaired) electrons. The molecule has 0 aromatic heterocycles. The van der Waals surface area contributed by atoms with Gasteiger partial charge in [0.15, 0.2) is 5.78 Å². The van der Waals surface area contributed by atoms with Crippen molar-refractivity contribution in [1.29, 1.82) is 0 Å². The predicted molar refractivity (Wildman–Crippen MR) is 82.3 cm³/mol. The van der Waals surface area contributed by atoms with E-state index in [0.717, 1.165) is 13.0 Å². The van der Waals surface area contributed by atoms with Gasteiger partial charge in [-0.3, -0.25) is 14.5 Å². The molecular formula is C15H30N2O4. The van der Waals surface area contributed by atoms with Crippen LogP contribution in [0.3, 0.4) is 0 Å². The van der Waals surface area contributed by atoms with E-state index in [1.807, 2.05) is 18.7 Å². The first-order chi connectivity index (χ1) is 9.92. The fourth-order valence-electron chi connectivity index (χ4n) is 2.08. The van der Waals surface area contributed by atoms with Crippen molar-refractivity contribution in [3.8, 4) is 0 Å². The van der Waals surface area contributed by atoms with Crippen LogP contribution >= 0.6 is 0 Å². The smallest absolute Gasteiger partial charge is 0.234 e. The summed E-state index contributed by atoms with van der Waals surface area (Å²) in [4.78, 5) is 25.6. The number of nitrogens with one attached hydrogen (secondary N) is 1. The highest BCUT2D eigenvalue weighted by Crippen LogP contribution is 2.03. The van der Waals surface area contributed by atoms with Gasteiger partial charge in [-0.05, 0) is 19.3 Å². The SMILES string of the molecule is COCCCN(CCOC)CC(=O)NC(C(C)=O)C(C)C. The highest BCUT2D eigenvalue weighted by Gasteiger charge is 2.21. The molecule has 0 aliphatic carbocycles. The lowest BCUT2D eigenvalue weighted by Gasteiger charge is -2.24. The number of hydrogen-bond donors (Lipinski definition) is 1. The van der Waals surface area contributed by atoms with Gasteiger partial charge in [-0.1, -0.05) is 13.8 Å². The van der Waals surface area contributed by atoms with Gasteiger partial charge in [-0.15, -0.1) is 0 Å². The van der Waals surface area contributed by atoms with Crippen molar-refractivity contribution in [3.05, 3.63) is 0 Å². The van der Waals surface area contributed by atoms with Crippen molar-refractivity contribution < 1.29 is 19.1 Å². The number of hydrogen-bond acceptors (Lipinski definition) is 5. The third kappa shape index (κ3) is 9.55. The van der Waals surface area contributed by atoms with Crippen LogP contribution in [-0.4, -0.2) is 69.7 Å². The molecule has 0 saturated heterocycles. The highest BCUT2D eigenvalue weighted by molar-refractivity contribution is 5.88. The molecule has 124 valence electrons. The van der Waals surface area contributed by atoms with Gasteiger partial charge >= 0.3 is 0 Å². The lowest BCUT2D eigenvalue weighted by molar-refractivity contribution is -0.128. The lowest BCUT2D eigenvalue weighted by atomic mass is 10.0. The molecule has 6 nitrogen and oxygen atoms in total. The maximum atomic E-state index is 12.1. The van der Waals surface area contributed by atoms with Gasteiger partial charge in [-0.25, -0.2) is 0 Å². The summed E-state index contributed by atoms with van der Waals surface area (Å²) in [6.07, 6.45) is 0.855. The van der Waals surface area contributed by atoms with Crippen molar-refractivity contribution in [2.75, 3.05) is 47.1 Å². The Labute approximate surface area is 128 Å². The van der Waals surface area contributed by atoms with Crippen molar-refractivity contribution >= 4 is 11.7 Å². The molecule has 0 rings (SSSR count). The topological polar surface area (TPSA) is 67.9 Å². The van der Waals surface area contributed by atoms with Gasteiger partial charge in [0.05, 0.1) is 19.2 Å². The molecule has 0 aromatic rings. The molecular weight excluding hydrogens is 272 g/mol. The first kappa shape index (κ1) is 20.0. The Bertz CT molecular complexity index is 308. The zero-order valence-corrected chi connectivity index (χ0v) is 14.0. The second-order valence-electron chi connectivity index (χ2n) is 5.52. The number of carbonyl (C=O) groups is 2. The summed E-state index contributed by atoms with van der Waals surface area (Å²) in [7, 11) is 3.30. The largest absolute Gasteiger partial charge is 0.385 e. The Kier molecular flexibility index (Phi) is 11.1. The minimum Gasteiger partial charge on any atom is -0.385 e. The third-order valence-corrected chi connectivity index (χ3v) is 3.22. The van der Waals surface area contributed by atoms with Crippen LogP contribution in [0.25, 0.3) is 0 Å². The summed E-state index contributed by atoms with van der Waals surface area (Å²) in [5.74, 6) is -0.0500. The molecule has 1 atom stereocenters. The van der Waals surface area contributed by atoms with Crippen LogP contribution < -0.4 is 5.32 Å². The molecule has 0 aliphatic rings. The zero-order valence-electron chi connectivity index (χ0n) is 14.0. The molecule has 1 unspecified atom stereocenters. The van der Waals surface area contributed by atoms with Crippen LogP contribution in [0.1, 0.15) is 27.2 Å². The van der Waals surface area contributed by atoms with E-state index in [1.54, 1.807) is 14.2 Å². The fourth-order valence-corrected chi connectivity index (χ4v) is 2.08. The normalized spacial score (nSPS) is 12.7. The van der Waals surface area contributed by atoms with Crippen LogP contribution in [0.4, 0.5) is 0 Å². The van der Waals surface area contributed by atoms with E-state index in [2.05, 4.69) is 5.32 Å². The minimum atomic E-state index is -0.416. The van der Waals surface area contributed by atoms with E-state index in [0.29, 0.717) is 19.8 Å². The number of Topliss-reactive ketones (excluding diaryl/α,β-unsaturated/α-hetero) is 1. The van der Waals surface area contributed by atoms with Crippen LogP contribution in [0, 0.1) is 5.92 Å². The Morgan fingerprint density at radius 3 is 2.19 bits per heavy atom. The number of rotatable bonds is 12. The quantitative estimate of drug-likeness (QED) is 0.538. The van der Waals surface area contributed by atoms with E-state index in [-0.39, 0.29) is 24.2 Å². The van der Waals surface area contributed by atoms with E-state index in [9.17, 15) is 9.59 Å². The third-order valence-electron chi connectivity index (χ3n) is 3.22. The number of ketones is 1. The monoisotopic (exact) mass is 302 g/mol. The number of ether oxygens (including phenoxy) is 2. The average molecular weight is 302 g/mol. The van der Waals surface area contributed by atoms with Crippen LogP contribution in [-0.2, 0) is 19.1 Å². The van der Waals surface area contributed by atoms with Crippen molar-refractivity contribution in [3.63, 3.8) is 0 Å². The van der Waals surface area contributed by atoms with Crippen molar-refractivity contribution in [2.45, 2.75) is 33.2 Å². The first-order valence-electron chi connectivity index (χ1n) is 7.42. The van der Waals surface area contributed by atoms with Gasteiger partial charge in [0.2, 0.25) is 5.91 Å². The molecule has 21 heavy (non-hydrogen) atoms. The molecule has 0 bridgehead atoms. The zero-order chi connectivity index (χ0) is 16.3. The molecule has 0 spiro atoms. The Balaban J connectivity index is 4.38. The van der Waals surface area contributed by atoms with E-state index in [1.165, 1.54) is 6.92 Å². The Hall–Kier alpha value is -0.980. The molecule has 0 aliphatic heterocycles. The molecule has 1 amide bonds. The second kappa shape index (κ2) is 11.7. The second-order valence-corrected chi connectivity index (χ2v) is 5.52. The van der Waals surface area contributed by atoms with Gasteiger partial charge in [0.25, 0.3) is 0 Å². The van der Waals surface area contributed by atoms with Crippen LogP contribution in [0.5, 0.6) is 0 Å². The Morgan fingerprint density at radius 1 is 1.10 bits per heavy atom. The number of nitrogens with zero attached hydrogens (tertiary/aromatic N) is 1. The summed E-state index contributed by atoms with van der Waals surface area (Å²) in [6.45, 7) is 8.29. The van der Waals surface area contributed by atoms with E-state index < -0.39 is 6.04 Å². The summed E-state index contributed by atoms with van der Waals surface area (Å²) in [5.41, 5.74) is 0. The molecule has 0 fully saturated rings. The maximum Gasteiger partial charge on any atom is 0.234 e. The summed E-state index contributed by atoms with van der Waals surface area (Å²) >= 11 is 0. The van der Waals surface area contributed by atoms with Crippen LogP contribution in [0.2, 0.25) is 0 Å². The summed E-state index contributed by atoms with van der Waals surface area (Å²) < 4.78 is 10.1.